The summed E-state index contributed by atoms with van der Waals surface area (Å²) in [6.45, 7) is 1.84. The van der Waals surface area contributed by atoms with Gasteiger partial charge in [0.25, 0.3) is 0 Å². The second-order valence-electron chi connectivity index (χ2n) is 5.94. The highest BCUT2D eigenvalue weighted by Crippen LogP contribution is 2.30. The van der Waals surface area contributed by atoms with Crippen molar-refractivity contribution >= 4 is 11.9 Å². The number of carboxylic acids is 1. The number of carbonyl (C=O) groups excluding carboxylic acids is 1. The third-order valence-corrected chi connectivity index (χ3v) is 4.35. The predicted molar refractivity (Wildman–Crippen MR) is 82.0 cm³/mol. The van der Waals surface area contributed by atoms with Gasteiger partial charge < -0.3 is 19.5 Å². The molecule has 2 heterocycles. The zero-order valence-corrected chi connectivity index (χ0v) is 12.9. The van der Waals surface area contributed by atoms with Gasteiger partial charge in [0.1, 0.15) is 0 Å². The molecule has 1 fully saturated rings. The van der Waals surface area contributed by atoms with Crippen LogP contribution in [-0.4, -0.2) is 54.3 Å². The molecule has 2 aliphatic heterocycles. The zero-order valence-electron chi connectivity index (χ0n) is 12.9. The summed E-state index contributed by atoms with van der Waals surface area (Å²) in [4.78, 5) is 25.0. The molecule has 1 aromatic carbocycles. The lowest BCUT2D eigenvalue weighted by atomic mass is 9.95. The summed E-state index contributed by atoms with van der Waals surface area (Å²) in [6.07, 6.45) is 0.445. The number of aliphatic carboxylic acids is 1. The first-order valence-corrected chi connectivity index (χ1v) is 7.94. The molecule has 1 saturated heterocycles. The van der Waals surface area contributed by atoms with E-state index in [1.54, 1.807) is 4.90 Å². The number of morpholine rings is 1. The molecule has 0 saturated carbocycles. The van der Waals surface area contributed by atoms with Crippen molar-refractivity contribution in [3.05, 3.63) is 35.4 Å². The number of fused-ring (bicyclic) bond motifs is 1. The molecule has 6 nitrogen and oxygen atoms in total. The number of carboxylic acid groups (broad SMARTS) is 1. The molecule has 1 N–H and O–H groups in total. The maximum absolute atomic E-state index is 12.6. The molecule has 6 heteroatoms. The van der Waals surface area contributed by atoms with Crippen LogP contribution < -0.4 is 0 Å². The molecule has 0 unspecified atom stereocenters. The van der Waals surface area contributed by atoms with Crippen LogP contribution in [0.25, 0.3) is 0 Å². The molecule has 0 aliphatic carbocycles. The van der Waals surface area contributed by atoms with Gasteiger partial charge in [0.15, 0.2) is 0 Å². The molecule has 2 atom stereocenters. The van der Waals surface area contributed by atoms with E-state index < -0.39 is 12.1 Å². The Balaban J connectivity index is 1.62. The number of benzene rings is 1. The van der Waals surface area contributed by atoms with Crippen LogP contribution in [0.5, 0.6) is 0 Å². The lowest BCUT2D eigenvalue weighted by molar-refractivity contribution is -0.149. The molecule has 0 spiro atoms. The van der Waals surface area contributed by atoms with Gasteiger partial charge in [0.2, 0.25) is 5.91 Å². The van der Waals surface area contributed by atoms with E-state index in [0.717, 1.165) is 12.0 Å². The summed E-state index contributed by atoms with van der Waals surface area (Å²) >= 11 is 0. The van der Waals surface area contributed by atoms with Crippen molar-refractivity contribution in [1.29, 1.82) is 0 Å². The van der Waals surface area contributed by atoms with E-state index in [0.29, 0.717) is 26.3 Å². The van der Waals surface area contributed by atoms with Gasteiger partial charge in [-0.25, -0.2) is 0 Å². The Morgan fingerprint density at radius 3 is 2.83 bits per heavy atom. The number of hydrogen-bond acceptors (Lipinski definition) is 4. The first-order chi connectivity index (χ1) is 11.1. The molecule has 3 rings (SSSR count). The summed E-state index contributed by atoms with van der Waals surface area (Å²) in [5.41, 5.74) is 2.32. The molecule has 0 radical (unpaired) electrons. The topological polar surface area (TPSA) is 76.1 Å². The van der Waals surface area contributed by atoms with Gasteiger partial charge in [0, 0.05) is 13.1 Å². The summed E-state index contributed by atoms with van der Waals surface area (Å²) in [5.74, 6) is -0.917. The minimum atomic E-state index is -0.908. The fourth-order valence-corrected chi connectivity index (χ4v) is 3.20. The SMILES string of the molecule is O=C(O)C[C@@H]1CN(C(=O)C[C@H]2OCCc3ccccc32)CCO1. The lowest BCUT2D eigenvalue weighted by Crippen LogP contribution is -2.46. The number of amides is 1. The maximum Gasteiger partial charge on any atom is 0.306 e. The van der Waals surface area contributed by atoms with Crippen LogP contribution in [0.4, 0.5) is 0 Å². The molecule has 0 aromatic heterocycles. The van der Waals surface area contributed by atoms with E-state index in [9.17, 15) is 9.59 Å². The van der Waals surface area contributed by atoms with Crippen molar-refractivity contribution in [3.8, 4) is 0 Å². The largest absolute Gasteiger partial charge is 0.481 e. The van der Waals surface area contributed by atoms with Crippen molar-refractivity contribution in [2.45, 2.75) is 31.5 Å². The molecule has 0 bridgehead atoms. The Kier molecular flexibility index (Phi) is 4.93. The van der Waals surface area contributed by atoms with Crippen molar-refractivity contribution in [2.75, 3.05) is 26.3 Å². The first-order valence-electron chi connectivity index (χ1n) is 7.94. The second-order valence-corrected chi connectivity index (χ2v) is 5.94. The normalized spacial score (nSPS) is 24.1. The number of rotatable bonds is 4. The van der Waals surface area contributed by atoms with Gasteiger partial charge >= 0.3 is 5.97 Å². The Bertz CT molecular complexity index is 588. The maximum atomic E-state index is 12.6. The minimum absolute atomic E-state index is 0.00890. The molecule has 124 valence electrons. The number of nitrogens with zero attached hydrogens (tertiary/aromatic N) is 1. The number of ether oxygens (including phenoxy) is 2. The van der Waals surface area contributed by atoms with Crippen LogP contribution in [0.1, 0.15) is 30.1 Å². The molecule has 1 amide bonds. The number of hydrogen-bond donors (Lipinski definition) is 1. The third kappa shape index (κ3) is 3.89. The van der Waals surface area contributed by atoms with Gasteiger partial charge in [-0.1, -0.05) is 24.3 Å². The first kappa shape index (κ1) is 16.0. The standard InChI is InChI=1S/C17H21NO5/c19-16(18-6-8-22-13(11-18)9-17(20)21)10-15-14-4-2-1-3-12(14)5-7-23-15/h1-4,13,15H,5-11H2,(H,20,21)/t13-,15-/m1/s1. The van der Waals surface area contributed by atoms with E-state index in [4.69, 9.17) is 14.6 Å². The van der Waals surface area contributed by atoms with Crippen molar-refractivity contribution in [1.82, 2.24) is 4.90 Å². The lowest BCUT2D eigenvalue weighted by Gasteiger charge is -2.34. The third-order valence-electron chi connectivity index (χ3n) is 4.35. The Morgan fingerprint density at radius 1 is 1.17 bits per heavy atom. The fraction of sp³-hybridized carbons (Fsp3) is 0.529. The summed E-state index contributed by atoms with van der Waals surface area (Å²) < 4.78 is 11.2. The highest BCUT2D eigenvalue weighted by molar-refractivity contribution is 5.77. The van der Waals surface area contributed by atoms with E-state index in [1.165, 1.54) is 5.56 Å². The quantitative estimate of drug-likeness (QED) is 0.907. The molecule has 2 aliphatic rings. The zero-order chi connectivity index (χ0) is 16.2. The Morgan fingerprint density at radius 2 is 2.00 bits per heavy atom. The van der Waals surface area contributed by atoms with Crippen LogP contribution in [0.2, 0.25) is 0 Å². The van der Waals surface area contributed by atoms with E-state index in [2.05, 4.69) is 6.07 Å². The van der Waals surface area contributed by atoms with E-state index in [-0.39, 0.29) is 24.9 Å². The molecular weight excluding hydrogens is 298 g/mol. The van der Waals surface area contributed by atoms with Gasteiger partial charge in [-0.05, 0) is 17.5 Å². The molecular formula is C17H21NO5. The van der Waals surface area contributed by atoms with Crippen molar-refractivity contribution in [2.24, 2.45) is 0 Å². The van der Waals surface area contributed by atoms with Gasteiger partial charge in [-0.15, -0.1) is 0 Å². The van der Waals surface area contributed by atoms with Crippen LogP contribution >= 0.6 is 0 Å². The summed E-state index contributed by atoms with van der Waals surface area (Å²) in [7, 11) is 0. The van der Waals surface area contributed by atoms with Crippen LogP contribution in [0.15, 0.2) is 24.3 Å². The van der Waals surface area contributed by atoms with Crippen molar-refractivity contribution in [3.63, 3.8) is 0 Å². The highest BCUT2D eigenvalue weighted by atomic mass is 16.5. The number of carbonyl (C=O) groups is 2. The van der Waals surface area contributed by atoms with Crippen LogP contribution in [-0.2, 0) is 25.5 Å². The predicted octanol–water partition coefficient (Wildman–Crippen LogP) is 1.39. The van der Waals surface area contributed by atoms with E-state index >= 15 is 0 Å². The molecule has 1 aromatic rings. The summed E-state index contributed by atoms with van der Waals surface area (Å²) in [6, 6.07) is 8.05. The van der Waals surface area contributed by atoms with Crippen LogP contribution in [0, 0.1) is 0 Å². The van der Waals surface area contributed by atoms with Gasteiger partial charge in [-0.2, -0.15) is 0 Å². The fourth-order valence-electron chi connectivity index (χ4n) is 3.20. The van der Waals surface area contributed by atoms with Gasteiger partial charge in [-0.3, -0.25) is 9.59 Å². The minimum Gasteiger partial charge on any atom is -0.481 e. The monoisotopic (exact) mass is 319 g/mol. The Labute approximate surface area is 135 Å². The smallest absolute Gasteiger partial charge is 0.306 e. The molecule has 23 heavy (non-hydrogen) atoms. The summed E-state index contributed by atoms with van der Waals surface area (Å²) in [5, 5.41) is 8.86. The second kappa shape index (κ2) is 7.10. The average Bonchev–Trinajstić information content (AvgIpc) is 2.55. The highest BCUT2D eigenvalue weighted by Gasteiger charge is 2.29. The van der Waals surface area contributed by atoms with E-state index in [1.807, 2.05) is 18.2 Å². The van der Waals surface area contributed by atoms with Crippen LogP contribution in [0.3, 0.4) is 0 Å². The average molecular weight is 319 g/mol. The van der Waals surface area contributed by atoms with Crippen molar-refractivity contribution < 1.29 is 24.2 Å². The Hall–Kier alpha value is -1.92. The van der Waals surface area contributed by atoms with Gasteiger partial charge in [0.05, 0.1) is 38.3 Å².